The van der Waals surface area contributed by atoms with E-state index in [0.29, 0.717) is 5.56 Å². The maximum absolute atomic E-state index is 15.3. The fraction of sp³-hybridized carbons (Fsp3) is 0.450. The SMILES string of the molecule is Fc1c(-c2ccnc3ccc(N4CCCC4)nc23)cnn1C1CCNCC1. The quantitative estimate of drug-likeness (QED) is 0.772. The zero-order valence-corrected chi connectivity index (χ0v) is 15.2. The van der Waals surface area contributed by atoms with Crippen molar-refractivity contribution >= 4 is 16.9 Å². The van der Waals surface area contributed by atoms with Crippen LogP contribution in [0.4, 0.5) is 10.2 Å². The molecule has 0 atom stereocenters. The van der Waals surface area contributed by atoms with Crippen molar-refractivity contribution in [2.45, 2.75) is 31.7 Å². The van der Waals surface area contributed by atoms with Crippen molar-refractivity contribution in [3.8, 4) is 11.1 Å². The average Bonchev–Trinajstić information content (AvgIpc) is 3.38. The largest absolute Gasteiger partial charge is 0.357 e. The molecule has 0 aliphatic carbocycles. The summed E-state index contributed by atoms with van der Waals surface area (Å²) in [7, 11) is 0. The van der Waals surface area contributed by atoms with Gasteiger partial charge in [0.2, 0.25) is 5.95 Å². The summed E-state index contributed by atoms with van der Waals surface area (Å²) in [6.07, 6.45) is 7.53. The molecular weight excluding hydrogens is 343 g/mol. The molecule has 2 aliphatic rings. The van der Waals surface area contributed by atoms with E-state index in [0.717, 1.165) is 61.4 Å². The molecule has 0 aromatic carbocycles. The summed E-state index contributed by atoms with van der Waals surface area (Å²) in [5.74, 6) is 0.670. The monoisotopic (exact) mass is 366 g/mol. The molecule has 1 N–H and O–H groups in total. The van der Waals surface area contributed by atoms with Crippen LogP contribution >= 0.6 is 0 Å². The minimum Gasteiger partial charge on any atom is -0.357 e. The van der Waals surface area contributed by atoms with Gasteiger partial charge < -0.3 is 10.2 Å². The van der Waals surface area contributed by atoms with E-state index in [2.05, 4.69) is 20.3 Å². The molecule has 2 saturated heterocycles. The molecule has 5 rings (SSSR count). The summed E-state index contributed by atoms with van der Waals surface area (Å²) in [5.41, 5.74) is 2.79. The van der Waals surface area contributed by atoms with Gasteiger partial charge in [0.1, 0.15) is 5.82 Å². The number of fused-ring (bicyclic) bond motifs is 1. The second-order valence-corrected chi connectivity index (χ2v) is 7.36. The van der Waals surface area contributed by atoms with Gasteiger partial charge >= 0.3 is 0 Å². The van der Waals surface area contributed by atoms with E-state index < -0.39 is 0 Å². The number of piperidine rings is 1. The van der Waals surface area contributed by atoms with E-state index in [4.69, 9.17) is 4.98 Å². The number of nitrogens with zero attached hydrogens (tertiary/aromatic N) is 5. The maximum Gasteiger partial charge on any atom is 0.219 e. The first-order chi connectivity index (χ1) is 13.3. The Morgan fingerprint density at radius 1 is 1.04 bits per heavy atom. The van der Waals surface area contributed by atoms with E-state index in [1.54, 1.807) is 17.1 Å². The van der Waals surface area contributed by atoms with Crippen LogP contribution in [0.5, 0.6) is 0 Å². The first-order valence-corrected chi connectivity index (χ1v) is 9.76. The van der Waals surface area contributed by atoms with Gasteiger partial charge in [0.25, 0.3) is 0 Å². The van der Waals surface area contributed by atoms with Gasteiger partial charge in [0.05, 0.1) is 28.8 Å². The van der Waals surface area contributed by atoms with E-state index in [9.17, 15) is 0 Å². The van der Waals surface area contributed by atoms with Crippen LogP contribution in [-0.2, 0) is 0 Å². The van der Waals surface area contributed by atoms with Crippen molar-refractivity contribution in [3.63, 3.8) is 0 Å². The minimum atomic E-state index is -0.275. The van der Waals surface area contributed by atoms with Crippen LogP contribution in [-0.4, -0.2) is 45.9 Å². The van der Waals surface area contributed by atoms with Crippen molar-refractivity contribution in [2.75, 3.05) is 31.1 Å². The molecule has 0 spiro atoms. The van der Waals surface area contributed by atoms with Crippen molar-refractivity contribution in [1.82, 2.24) is 25.1 Å². The Morgan fingerprint density at radius 3 is 2.67 bits per heavy atom. The van der Waals surface area contributed by atoms with Crippen molar-refractivity contribution in [3.05, 3.63) is 36.5 Å². The minimum absolute atomic E-state index is 0.112. The number of hydrogen-bond donors (Lipinski definition) is 1. The van der Waals surface area contributed by atoms with Crippen molar-refractivity contribution in [2.24, 2.45) is 0 Å². The molecule has 6 nitrogen and oxygen atoms in total. The standard InChI is InChI=1S/C20H23FN6/c21-20-16(13-24-27(20)14-5-8-22-9-6-14)15-7-10-23-17-3-4-18(25-19(15)17)26-11-1-2-12-26/h3-4,7,10,13-14,22H,1-2,5-6,8-9,11-12H2. The average molecular weight is 366 g/mol. The zero-order chi connectivity index (χ0) is 18.2. The van der Waals surface area contributed by atoms with Crippen LogP contribution in [0.15, 0.2) is 30.6 Å². The Balaban J connectivity index is 1.58. The van der Waals surface area contributed by atoms with Crippen molar-refractivity contribution < 1.29 is 4.39 Å². The van der Waals surface area contributed by atoms with Crippen LogP contribution < -0.4 is 10.2 Å². The zero-order valence-electron chi connectivity index (χ0n) is 15.2. The van der Waals surface area contributed by atoms with Gasteiger partial charge in [-0.2, -0.15) is 9.49 Å². The lowest BCUT2D eigenvalue weighted by atomic mass is 10.1. The van der Waals surface area contributed by atoms with Crippen LogP contribution in [0.25, 0.3) is 22.2 Å². The molecule has 7 heteroatoms. The van der Waals surface area contributed by atoms with Crippen LogP contribution in [0.1, 0.15) is 31.7 Å². The second-order valence-electron chi connectivity index (χ2n) is 7.36. The molecule has 0 unspecified atom stereocenters. The smallest absolute Gasteiger partial charge is 0.219 e. The van der Waals surface area contributed by atoms with Gasteiger partial charge in [-0.15, -0.1) is 0 Å². The highest BCUT2D eigenvalue weighted by atomic mass is 19.1. The Morgan fingerprint density at radius 2 is 1.85 bits per heavy atom. The number of aromatic nitrogens is 4. The molecule has 3 aromatic heterocycles. The molecular formula is C20H23FN6. The summed E-state index contributed by atoms with van der Waals surface area (Å²) in [6, 6.07) is 5.95. The number of nitrogens with one attached hydrogen (secondary N) is 1. The third-order valence-electron chi connectivity index (χ3n) is 5.68. The van der Waals surface area contributed by atoms with E-state index in [1.165, 1.54) is 12.8 Å². The normalized spacial score (nSPS) is 18.5. The first kappa shape index (κ1) is 16.6. The fourth-order valence-electron chi connectivity index (χ4n) is 4.19. The molecule has 27 heavy (non-hydrogen) atoms. The lowest BCUT2D eigenvalue weighted by Crippen LogP contribution is -2.30. The summed E-state index contributed by atoms with van der Waals surface area (Å²) in [4.78, 5) is 11.6. The number of pyridine rings is 2. The summed E-state index contributed by atoms with van der Waals surface area (Å²) in [6.45, 7) is 3.85. The summed E-state index contributed by atoms with van der Waals surface area (Å²) < 4.78 is 16.8. The number of anilines is 1. The highest BCUT2D eigenvalue weighted by Gasteiger charge is 2.23. The Bertz CT molecular complexity index is 956. The number of hydrogen-bond acceptors (Lipinski definition) is 5. The van der Waals surface area contributed by atoms with Gasteiger partial charge in [-0.25, -0.2) is 9.67 Å². The van der Waals surface area contributed by atoms with E-state index in [1.807, 2.05) is 18.2 Å². The van der Waals surface area contributed by atoms with Gasteiger partial charge in [-0.3, -0.25) is 4.98 Å². The van der Waals surface area contributed by atoms with Crippen LogP contribution in [0.3, 0.4) is 0 Å². The molecule has 0 saturated carbocycles. The predicted molar refractivity (Wildman–Crippen MR) is 103 cm³/mol. The predicted octanol–water partition coefficient (Wildman–Crippen LogP) is 3.16. The lowest BCUT2D eigenvalue weighted by molar-refractivity contribution is 0.304. The highest BCUT2D eigenvalue weighted by molar-refractivity contribution is 5.91. The van der Waals surface area contributed by atoms with E-state index >= 15 is 4.39 Å². The molecule has 0 amide bonds. The molecule has 3 aromatic rings. The van der Waals surface area contributed by atoms with Crippen LogP contribution in [0, 0.1) is 5.95 Å². The Labute approximate surface area is 157 Å². The Kier molecular flexibility index (Phi) is 4.24. The number of halogens is 1. The number of rotatable bonds is 3. The van der Waals surface area contributed by atoms with Gasteiger partial charge in [0.15, 0.2) is 0 Å². The molecule has 0 radical (unpaired) electrons. The first-order valence-electron chi connectivity index (χ1n) is 9.76. The van der Waals surface area contributed by atoms with Gasteiger partial charge in [-0.05, 0) is 57.0 Å². The van der Waals surface area contributed by atoms with E-state index in [-0.39, 0.29) is 12.0 Å². The topological polar surface area (TPSA) is 58.9 Å². The third kappa shape index (κ3) is 2.96. The summed E-state index contributed by atoms with van der Waals surface area (Å²) >= 11 is 0. The lowest BCUT2D eigenvalue weighted by Gasteiger charge is -2.23. The highest BCUT2D eigenvalue weighted by Crippen LogP contribution is 2.32. The second kappa shape index (κ2) is 6.88. The summed E-state index contributed by atoms with van der Waals surface area (Å²) in [5, 5.41) is 7.69. The fourth-order valence-corrected chi connectivity index (χ4v) is 4.19. The van der Waals surface area contributed by atoms with Crippen LogP contribution in [0.2, 0.25) is 0 Å². The molecule has 140 valence electrons. The molecule has 2 fully saturated rings. The van der Waals surface area contributed by atoms with Gasteiger partial charge in [-0.1, -0.05) is 0 Å². The maximum atomic E-state index is 15.3. The Hall–Kier alpha value is -2.54. The van der Waals surface area contributed by atoms with Crippen molar-refractivity contribution in [1.29, 1.82) is 0 Å². The third-order valence-corrected chi connectivity index (χ3v) is 5.68. The van der Waals surface area contributed by atoms with Gasteiger partial charge in [0, 0.05) is 24.8 Å². The molecule has 0 bridgehead atoms. The molecule has 2 aliphatic heterocycles. The molecule has 5 heterocycles.